The number of hydrogen-bond acceptors (Lipinski definition) is 3. The second-order valence-electron chi connectivity index (χ2n) is 13.9. The average molecular weight is 739 g/mol. The van der Waals surface area contributed by atoms with Gasteiger partial charge in [0.25, 0.3) is 0 Å². The molecule has 10 rings (SSSR count). The predicted molar refractivity (Wildman–Crippen MR) is 234 cm³/mol. The Morgan fingerprint density at radius 1 is 0.544 bits per heavy atom. The van der Waals surface area contributed by atoms with Crippen LogP contribution in [0.5, 0.6) is 23.0 Å². The molecule has 0 radical (unpaired) electrons. The molecular formula is C53H42N2O2. The van der Waals surface area contributed by atoms with Gasteiger partial charge >= 0.3 is 0 Å². The highest BCUT2D eigenvalue weighted by atomic mass is 16.6. The van der Waals surface area contributed by atoms with Crippen molar-refractivity contribution in [3.05, 3.63) is 233 Å². The third-order valence-corrected chi connectivity index (χ3v) is 10.9. The van der Waals surface area contributed by atoms with Gasteiger partial charge in [-0.3, -0.25) is 4.99 Å². The fourth-order valence-corrected chi connectivity index (χ4v) is 8.50. The summed E-state index contributed by atoms with van der Waals surface area (Å²) in [6.45, 7) is 4.00. The first kappa shape index (κ1) is 35.5. The van der Waals surface area contributed by atoms with E-state index in [1.54, 1.807) is 0 Å². The molecule has 4 nitrogen and oxygen atoms in total. The van der Waals surface area contributed by atoms with Crippen LogP contribution in [0, 0.1) is 0 Å². The number of para-hydroxylation sites is 1. The van der Waals surface area contributed by atoms with E-state index in [0.717, 1.165) is 56.1 Å². The molecule has 1 aromatic heterocycles. The zero-order valence-corrected chi connectivity index (χ0v) is 32.2. The van der Waals surface area contributed by atoms with Gasteiger partial charge < -0.3 is 14.5 Å². The number of rotatable bonds is 7. The summed E-state index contributed by atoms with van der Waals surface area (Å²) in [6.07, 6.45) is 4.11. The Morgan fingerprint density at radius 2 is 1.18 bits per heavy atom. The summed E-state index contributed by atoms with van der Waals surface area (Å²) in [6, 6.07) is 63.8. The highest BCUT2D eigenvalue weighted by molar-refractivity contribution is 6.13. The molecular weight excluding hydrogens is 697 g/mol. The number of allylic oxidation sites excluding steroid dienone is 1. The molecule has 0 saturated carbocycles. The SMILES string of the molecule is CC.CN=C(/C=C(\c1cccc(-c2cccc3c2Oc2c(ccc4c2-c2ccccc2C4(c2ccccc2)c2ccccc2)O3)c1)c1ccc[nH]1)c1ccccc1. The van der Waals surface area contributed by atoms with Crippen molar-refractivity contribution in [1.82, 2.24) is 4.98 Å². The van der Waals surface area contributed by atoms with Crippen LogP contribution >= 0.6 is 0 Å². The maximum absolute atomic E-state index is 7.18. The fraction of sp³-hybridized carbons (Fsp3) is 0.0755. The minimum absolute atomic E-state index is 0.540. The van der Waals surface area contributed by atoms with Crippen LogP contribution in [0.1, 0.15) is 52.9 Å². The molecule has 0 saturated heterocycles. The molecule has 7 aromatic carbocycles. The van der Waals surface area contributed by atoms with Gasteiger partial charge in [0.05, 0.1) is 11.1 Å². The van der Waals surface area contributed by atoms with Crippen LogP contribution < -0.4 is 9.47 Å². The molecule has 0 fully saturated rings. The molecule has 1 aliphatic heterocycles. The molecule has 1 N–H and O–H groups in total. The van der Waals surface area contributed by atoms with E-state index in [0.29, 0.717) is 17.2 Å². The Kier molecular flexibility index (Phi) is 9.45. The number of nitrogens with zero attached hydrogens (tertiary/aromatic N) is 1. The second kappa shape index (κ2) is 15.2. The van der Waals surface area contributed by atoms with E-state index in [2.05, 4.69) is 162 Å². The fourth-order valence-electron chi connectivity index (χ4n) is 8.50. The lowest BCUT2D eigenvalue weighted by Crippen LogP contribution is -2.28. The Balaban J connectivity index is 0.00000208. The molecule has 0 spiro atoms. The van der Waals surface area contributed by atoms with Crippen molar-refractivity contribution in [2.75, 3.05) is 7.05 Å². The monoisotopic (exact) mass is 738 g/mol. The van der Waals surface area contributed by atoms with Gasteiger partial charge in [-0.15, -0.1) is 0 Å². The summed E-state index contributed by atoms with van der Waals surface area (Å²) < 4.78 is 13.9. The molecule has 0 unspecified atom stereocenters. The van der Waals surface area contributed by atoms with Crippen LogP contribution in [-0.2, 0) is 5.41 Å². The highest BCUT2D eigenvalue weighted by Crippen LogP contribution is 2.62. The molecule has 1 aliphatic carbocycles. The molecule has 2 aliphatic rings. The lowest BCUT2D eigenvalue weighted by atomic mass is 9.68. The summed E-state index contributed by atoms with van der Waals surface area (Å²) in [5.41, 5.74) is 13.5. The summed E-state index contributed by atoms with van der Waals surface area (Å²) in [4.78, 5) is 8.11. The van der Waals surface area contributed by atoms with E-state index < -0.39 is 5.41 Å². The number of aromatic amines is 1. The second-order valence-corrected chi connectivity index (χ2v) is 13.9. The van der Waals surface area contributed by atoms with Crippen molar-refractivity contribution in [3.63, 3.8) is 0 Å². The first-order valence-corrected chi connectivity index (χ1v) is 19.6. The Hall–Kier alpha value is -7.17. The van der Waals surface area contributed by atoms with E-state index in [1.807, 2.05) is 63.5 Å². The van der Waals surface area contributed by atoms with E-state index in [9.17, 15) is 0 Å². The van der Waals surface area contributed by atoms with E-state index in [1.165, 1.54) is 22.3 Å². The summed E-state index contributed by atoms with van der Waals surface area (Å²) >= 11 is 0. The zero-order chi connectivity index (χ0) is 38.8. The van der Waals surface area contributed by atoms with E-state index in [4.69, 9.17) is 9.47 Å². The minimum Gasteiger partial charge on any atom is -0.449 e. The molecule has 276 valence electrons. The highest BCUT2D eigenvalue weighted by Gasteiger charge is 2.48. The van der Waals surface area contributed by atoms with Crippen molar-refractivity contribution in [2.45, 2.75) is 19.3 Å². The first-order valence-electron chi connectivity index (χ1n) is 19.6. The number of hydrogen-bond donors (Lipinski definition) is 1. The smallest absolute Gasteiger partial charge is 0.178 e. The number of fused-ring (bicyclic) bond motifs is 6. The van der Waals surface area contributed by atoms with E-state index in [-0.39, 0.29) is 0 Å². The van der Waals surface area contributed by atoms with Crippen LogP contribution in [0.15, 0.2) is 199 Å². The van der Waals surface area contributed by atoms with Crippen molar-refractivity contribution in [3.8, 4) is 45.3 Å². The van der Waals surface area contributed by atoms with Crippen molar-refractivity contribution in [1.29, 1.82) is 0 Å². The topological polar surface area (TPSA) is 46.6 Å². The molecule has 4 heteroatoms. The number of ether oxygens (including phenoxy) is 2. The Labute approximate surface area is 334 Å². The van der Waals surface area contributed by atoms with Gasteiger partial charge in [-0.2, -0.15) is 0 Å². The van der Waals surface area contributed by atoms with Crippen LogP contribution in [0.2, 0.25) is 0 Å². The van der Waals surface area contributed by atoms with Gasteiger partial charge in [0.15, 0.2) is 23.0 Å². The number of nitrogens with one attached hydrogen (secondary N) is 1. The third kappa shape index (κ3) is 5.98. The molecule has 2 heterocycles. The average Bonchev–Trinajstić information content (AvgIpc) is 3.93. The quantitative estimate of drug-likeness (QED) is 0.166. The summed E-state index contributed by atoms with van der Waals surface area (Å²) in [5.74, 6) is 2.81. The van der Waals surface area contributed by atoms with Gasteiger partial charge in [0, 0.05) is 35.6 Å². The molecule has 0 bridgehead atoms. The van der Waals surface area contributed by atoms with Crippen LogP contribution in [-0.4, -0.2) is 17.7 Å². The van der Waals surface area contributed by atoms with Crippen LogP contribution in [0.4, 0.5) is 0 Å². The maximum atomic E-state index is 7.18. The maximum Gasteiger partial charge on any atom is 0.178 e. The van der Waals surface area contributed by atoms with Crippen molar-refractivity contribution < 1.29 is 9.47 Å². The Bertz CT molecular complexity index is 2710. The normalized spacial score (nSPS) is 13.5. The first-order chi connectivity index (χ1) is 28.2. The molecule has 0 amide bonds. The van der Waals surface area contributed by atoms with E-state index >= 15 is 0 Å². The van der Waals surface area contributed by atoms with Gasteiger partial charge in [0.2, 0.25) is 0 Å². The minimum atomic E-state index is -0.540. The molecule has 8 aromatic rings. The number of H-pyrrole nitrogens is 1. The number of aliphatic imine (C=N–C) groups is 1. The van der Waals surface area contributed by atoms with Crippen molar-refractivity contribution >= 4 is 11.3 Å². The van der Waals surface area contributed by atoms with Gasteiger partial charge in [-0.05, 0) is 80.9 Å². The third-order valence-electron chi connectivity index (χ3n) is 10.9. The van der Waals surface area contributed by atoms with Crippen molar-refractivity contribution in [2.24, 2.45) is 4.99 Å². The zero-order valence-electron chi connectivity index (χ0n) is 32.2. The number of benzene rings is 7. The predicted octanol–water partition coefficient (Wildman–Crippen LogP) is 13.5. The summed E-state index contributed by atoms with van der Waals surface area (Å²) in [5, 5.41) is 0. The van der Waals surface area contributed by atoms with Gasteiger partial charge in [0.1, 0.15) is 0 Å². The lowest BCUT2D eigenvalue weighted by molar-refractivity contribution is 0.361. The van der Waals surface area contributed by atoms with Gasteiger partial charge in [-0.25, -0.2) is 0 Å². The van der Waals surface area contributed by atoms with Crippen LogP contribution in [0.3, 0.4) is 0 Å². The molecule has 0 atom stereocenters. The Morgan fingerprint density at radius 3 is 1.88 bits per heavy atom. The number of aromatic nitrogens is 1. The summed E-state index contributed by atoms with van der Waals surface area (Å²) in [7, 11) is 1.84. The van der Waals surface area contributed by atoms with Crippen LogP contribution in [0.25, 0.3) is 27.8 Å². The van der Waals surface area contributed by atoms with Gasteiger partial charge in [-0.1, -0.05) is 166 Å². The largest absolute Gasteiger partial charge is 0.449 e. The molecule has 57 heavy (non-hydrogen) atoms. The standard InChI is InChI=1S/C51H36N2O2.C2H6/c1-52-45(34-16-5-2-6-17-34)33-41(44-27-15-31-53-44)36-19-13-18-35(32-36)39-25-14-28-46-49(39)55-50-47(54-46)30-29-43-48(50)40-24-11-12-26-42(40)51(43,37-20-7-3-8-21-37)38-22-9-4-10-23-38;1-2/h2-33,53H,1H3;1-2H3/b41-33+,52-45?;. The lowest BCUT2D eigenvalue weighted by Gasteiger charge is -2.34.